The van der Waals surface area contributed by atoms with Crippen LogP contribution in [0.2, 0.25) is 0 Å². The zero-order valence-electron chi connectivity index (χ0n) is 20.9. The molecule has 1 unspecified atom stereocenters. The molecule has 1 saturated carbocycles. The summed E-state index contributed by atoms with van der Waals surface area (Å²) in [4.78, 5) is 36.5. The molecule has 11 nitrogen and oxygen atoms in total. The van der Waals surface area contributed by atoms with Crippen molar-refractivity contribution in [1.29, 1.82) is 5.26 Å². The normalized spacial score (nSPS) is 21.4. The Kier molecular flexibility index (Phi) is 8.28. The van der Waals surface area contributed by atoms with Crippen molar-refractivity contribution in [1.82, 2.24) is 14.9 Å². The standard InChI is InChI=1S/C26H32N6O5/c1-17-6-5-9-19(17)16-36-25-29-22(24(33)34)21(28)23(30-25)31-12-13-32(20(14-31)10-11-27)26(35)37-15-18-7-3-2-4-8-18/h2-4,7-8,17,19-20H,5-6,9-10,12-16,28H2,1H3,(H,33,34)/t17?,19-,20-/m0/s1. The summed E-state index contributed by atoms with van der Waals surface area (Å²) < 4.78 is 11.3. The van der Waals surface area contributed by atoms with Gasteiger partial charge in [-0.15, -0.1) is 0 Å². The van der Waals surface area contributed by atoms with E-state index in [2.05, 4.69) is 23.0 Å². The minimum absolute atomic E-state index is 0.0396. The molecule has 2 aliphatic rings. The summed E-state index contributed by atoms with van der Waals surface area (Å²) in [5, 5.41) is 19.1. The number of hydrogen-bond acceptors (Lipinski definition) is 9. The van der Waals surface area contributed by atoms with Crippen LogP contribution in [0.4, 0.5) is 16.3 Å². The molecule has 0 radical (unpaired) electrons. The lowest BCUT2D eigenvalue weighted by Gasteiger charge is -2.40. The van der Waals surface area contributed by atoms with Crippen molar-refractivity contribution in [3.8, 4) is 12.1 Å². The minimum atomic E-state index is -1.28. The second kappa shape index (κ2) is 11.8. The van der Waals surface area contributed by atoms with E-state index in [1.54, 1.807) is 4.90 Å². The van der Waals surface area contributed by atoms with Crippen molar-refractivity contribution >= 4 is 23.6 Å². The highest BCUT2D eigenvalue weighted by Gasteiger charge is 2.34. The molecule has 0 spiro atoms. The first-order valence-electron chi connectivity index (χ1n) is 12.5. The van der Waals surface area contributed by atoms with Gasteiger partial charge in [0, 0.05) is 19.6 Å². The summed E-state index contributed by atoms with van der Waals surface area (Å²) in [6.45, 7) is 3.51. The van der Waals surface area contributed by atoms with Crippen LogP contribution >= 0.6 is 0 Å². The largest absolute Gasteiger partial charge is 0.476 e. The molecule has 1 saturated heterocycles. The maximum absolute atomic E-state index is 12.8. The number of carboxylic acids is 1. The second-order valence-corrected chi connectivity index (χ2v) is 9.57. The minimum Gasteiger partial charge on any atom is -0.476 e. The van der Waals surface area contributed by atoms with E-state index in [9.17, 15) is 20.0 Å². The number of aromatic nitrogens is 2. The summed E-state index contributed by atoms with van der Waals surface area (Å²) in [5.74, 6) is -0.170. The Hall–Kier alpha value is -4.07. The molecular formula is C26H32N6O5. The molecule has 1 aliphatic heterocycles. The molecule has 1 aromatic heterocycles. The maximum atomic E-state index is 12.8. The Bertz CT molecular complexity index is 1150. The highest BCUT2D eigenvalue weighted by molar-refractivity contribution is 5.94. The van der Waals surface area contributed by atoms with Crippen molar-refractivity contribution in [3.05, 3.63) is 41.6 Å². The number of carbonyl (C=O) groups is 2. The van der Waals surface area contributed by atoms with Gasteiger partial charge >= 0.3 is 18.1 Å². The number of benzene rings is 1. The quantitative estimate of drug-likeness (QED) is 0.542. The molecule has 1 aliphatic carbocycles. The smallest absolute Gasteiger partial charge is 0.410 e. The average molecular weight is 509 g/mol. The van der Waals surface area contributed by atoms with E-state index in [1.165, 1.54) is 4.90 Å². The van der Waals surface area contributed by atoms with Crippen molar-refractivity contribution in [3.63, 3.8) is 0 Å². The van der Waals surface area contributed by atoms with Gasteiger partial charge in [-0.2, -0.15) is 15.2 Å². The predicted molar refractivity (Wildman–Crippen MR) is 135 cm³/mol. The molecule has 3 atom stereocenters. The van der Waals surface area contributed by atoms with E-state index in [1.807, 2.05) is 30.3 Å². The zero-order valence-corrected chi connectivity index (χ0v) is 20.9. The number of amides is 1. The number of aromatic carboxylic acids is 1. The molecule has 2 fully saturated rings. The number of carboxylic acid groups (broad SMARTS) is 1. The molecular weight excluding hydrogens is 476 g/mol. The van der Waals surface area contributed by atoms with E-state index < -0.39 is 18.1 Å². The fraction of sp³-hybridized carbons (Fsp3) is 0.500. The first-order valence-corrected chi connectivity index (χ1v) is 12.5. The van der Waals surface area contributed by atoms with Crippen LogP contribution in [-0.2, 0) is 11.3 Å². The third kappa shape index (κ3) is 6.20. The van der Waals surface area contributed by atoms with Gasteiger partial charge in [-0.3, -0.25) is 0 Å². The molecule has 0 bridgehead atoms. The molecule has 4 rings (SSSR count). The van der Waals surface area contributed by atoms with Crippen LogP contribution in [0.5, 0.6) is 6.01 Å². The third-order valence-corrected chi connectivity index (χ3v) is 7.12. The fourth-order valence-corrected chi connectivity index (χ4v) is 4.93. The number of hydrogen-bond donors (Lipinski definition) is 2. The van der Waals surface area contributed by atoms with Crippen molar-refractivity contribution in [2.75, 3.05) is 36.9 Å². The van der Waals surface area contributed by atoms with Gasteiger partial charge in [0.2, 0.25) is 0 Å². The van der Waals surface area contributed by atoms with Crippen LogP contribution in [0.15, 0.2) is 30.3 Å². The summed E-state index contributed by atoms with van der Waals surface area (Å²) in [5.41, 5.74) is 6.63. The number of nitrogens with zero attached hydrogens (tertiary/aromatic N) is 5. The van der Waals surface area contributed by atoms with Crippen molar-refractivity contribution < 1.29 is 24.2 Å². The Morgan fingerprint density at radius 3 is 2.68 bits per heavy atom. The van der Waals surface area contributed by atoms with Gasteiger partial charge in [0.1, 0.15) is 12.3 Å². The third-order valence-electron chi connectivity index (χ3n) is 7.12. The number of carbonyl (C=O) groups excluding carboxylic acids is 1. The van der Waals surface area contributed by atoms with E-state index in [-0.39, 0.29) is 49.3 Å². The van der Waals surface area contributed by atoms with E-state index in [0.29, 0.717) is 25.0 Å². The van der Waals surface area contributed by atoms with Crippen LogP contribution in [0, 0.1) is 23.2 Å². The van der Waals surface area contributed by atoms with Gasteiger partial charge in [0.05, 0.1) is 25.1 Å². The first-order chi connectivity index (χ1) is 17.9. The average Bonchev–Trinajstić information content (AvgIpc) is 3.31. The molecule has 196 valence electrons. The Labute approximate surface area is 215 Å². The molecule has 1 amide bonds. The molecule has 11 heteroatoms. The summed E-state index contributed by atoms with van der Waals surface area (Å²) in [7, 11) is 0. The van der Waals surface area contributed by atoms with Crippen molar-refractivity contribution in [2.45, 2.75) is 45.3 Å². The van der Waals surface area contributed by atoms with E-state index in [4.69, 9.17) is 15.2 Å². The van der Waals surface area contributed by atoms with Gasteiger partial charge in [-0.1, -0.05) is 50.1 Å². The number of rotatable bonds is 8. The Balaban J connectivity index is 1.49. The molecule has 2 heterocycles. The highest BCUT2D eigenvalue weighted by Crippen LogP contribution is 2.33. The lowest BCUT2D eigenvalue weighted by Crippen LogP contribution is -2.55. The number of anilines is 2. The lowest BCUT2D eigenvalue weighted by atomic mass is 9.99. The zero-order chi connectivity index (χ0) is 26.4. The SMILES string of the molecule is CC1CCC[C@H]1COc1nc(C(=O)O)c(N)c(N2CCN(C(=O)OCc3ccccc3)[C@@H](CC#N)C2)n1. The Morgan fingerprint density at radius 1 is 1.22 bits per heavy atom. The van der Waals surface area contributed by atoms with Crippen LogP contribution < -0.4 is 15.4 Å². The van der Waals surface area contributed by atoms with Crippen LogP contribution in [-0.4, -0.2) is 64.3 Å². The lowest BCUT2D eigenvalue weighted by molar-refractivity contribution is 0.0689. The van der Waals surface area contributed by atoms with Gasteiger partial charge in [-0.25, -0.2) is 9.59 Å². The molecule has 1 aromatic carbocycles. The van der Waals surface area contributed by atoms with E-state index in [0.717, 1.165) is 24.8 Å². The van der Waals surface area contributed by atoms with E-state index >= 15 is 0 Å². The number of nitrogens with two attached hydrogens (primary N) is 1. The monoisotopic (exact) mass is 508 g/mol. The first kappa shape index (κ1) is 26.0. The van der Waals surface area contributed by atoms with Crippen LogP contribution in [0.3, 0.4) is 0 Å². The summed E-state index contributed by atoms with van der Waals surface area (Å²) in [6.07, 6.45) is 2.88. The molecule has 2 aromatic rings. The number of nitriles is 1. The second-order valence-electron chi connectivity index (χ2n) is 9.57. The topological polar surface area (TPSA) is 155 Å². The summed E-state index contributed by atoms with van der Waals surface area (Å²) in [6, 6.07) is 10.9. The van der Waals surface area contributed by atoms with Gasteiger partial charge in [0.25, 0.3) is 0 Å². The molecule has 37 heavy (non-hydrogen) atoms. The maximum Gasteiger partial charge on any atom is 0.410 e. The van der Waals surface area contributed by atoms with Crippen LogP contribution in [0.1, 0.15) is 48.7 Å². The molecule has 3 N–H and O–H groups in total. The summed E-state index contributed by atoms with van der Waals surface area (Å²) >= 11 is 0. The van der Waals surface area contributed by atoms with Gasteiger partial charge < -0.3 is 30.1 Å². The number of piperazine rings is 1. The predicted octanol–water partition coefficient (Wildman–Crippen LogP) is 3.31. The fourth-order valence-electron chi connectivity index (χ4n) is 4.93. The van der Waals surface area contributed by atoms with Gasteiger partial charge in [-0.05, 0) is 23.8 Å². The highest BCUT2D eigenvalue weighted by atomic mass is 16.6. The number of ether oxygens (including phenoxy) is 2. The Morgan fingerprint density at radius 2 is 2.00 bits per heavy atom. The van der Waals surface area contributed by atoms with Crippen molar-refractivity contribution in [2.24, 2.45) is 11.8 Å². The van der Waals surface area contributed by atoms with Crippen LogP contribution in [0.25, 0.3) is 0 Å². The van der Waals surface area contributed by atoms with Gasteiger partial charge in [0.15, 0.2) is 11.5 Å². The number of nitrogen functional groups attached to an aromatic ring is 1.